The average molecular weight is 549 g/mol. The number of rotatable bonds is 8. The fourth-order valence-electron chi connectivity index (χ4n) is 3.68. The van der Waals surface area contributed by atoms with Gasteiger partial charge in [-0.1, -0.05) is 41.9 Å². The van der Waals surface area contributed by atoms with Gasteiger partial charge in [-0.3, -0.25) is 19.3 Å². The van der Waals surface area contributed by atoms with E-state index < -0.39 is 15.9 Å². The van der Waals surface area contributed by atoms with Crippen molar-refractivity contribution in [1.82, 2.24) is 10.3 Å². The van der Waals surface area contributed by atoms with Gasteiger partial charge in [0, 0.05) is 24.5 Å². The molecule has 0 bridgehead atoms. The summed E-state index contributed by atoms with van der Waals surface area (Å²) in [5.41, 5.74) is 3.53. The van der Waals surface area contributed by atoms with Crippen LogP contribution in [0, 0.1) is 13.8 Å². The van der Waals surface area contributed by atoms with Crippen molar-refractivity contribution in [3.8, 4) is 0 Å². The van der Waals surface area contributed by atoms with Crippen LogP contribution in [0.2, 0.25) is 5.02 Å². The number of pyridine rings is 1. The Hall–Kier alpha value is -4.21. The molecule has 10 heteroatoms. The van der Waals surface area contributed by atoms with Crippen LogP contribution in [-0.4, -0.2) is 25.2 Å². The first-order chi connectivity index (χ1) is 18.2. The molecule has 1 aromatic heterocycles. The molecule has 0 spiro atoms. The number of carbonyl (C=O) groups excluding carboxylic acids is 2. The molecule has 0 aliphatic rings. The van der Waals surface area contributed by atoms with E-state index >= 15 is 0 Å². The largest absolute Gasteiger partial charge is 0.348 e. The molecule has 38 heavy (non-hydrogen) atoms. The smallest absolute Gasteiger partial charge is 0.263 e. The summed E-state index contributed by atoms with van der Waals surface area (Å²) >= 11 is 6.23. The maximum atomic E-state index is 13.2. The number of nitrogens with one attached hydrogen (secondary N) is 3. The maximum absolute atomic E-state index is 13.2. The lowest BCUT2D eigenvalue weighted by atomic mass is 10.1. The number of hydrogen-bond acceptors (Lipinski definition) is 5. The van der Waals surface area contributed by atoms with Gasteiger partial charge in [-0.15, -0.1) is 0 Å². The van der Waals surface area contributed by atoms with E-state index in [0.717, 1.165) is 16.7 Å². The highest BCUT2D eigenvalue weighted by molar-refractivity contribution is 7.92. The van der Waals surface area contributed by atoms with Crippen LogP contribution in [0.25, 0.3) is 0 Å². The molecule has 3 N–H and O–H groups in total. The zero-order chi connectivity index (χ0) is 27.3. The summed E-state index contributed by atoms with van der Waals surface area (Å²) in [6.45, 7) is 3.95. The Labute approximate surface area is 226 Å². The van der Waals surface area contributed by atoms with E-state index in [0.29, 0.717) is 5.69 Å². The highest BCUT2D eigenvalue weighted by Gasteiger charge is 2.22. The summed E-state index contributed by atoms with van der Waals surface area (Å²) < 4.78 is 28.9. The normalized spacial score (nSPS) is 11.0. The van der Waals surface area contributed by atoms with Gasteiger partial charge in [0.1, 0.15) is 4.90 Å². The van der Waals surface area contributed by atoms with Gasteiger partial charge in [-0.05, 0) is 73.0 Å². The fourth-order valence-corrected chi connectivity index (χ4v) is 5.33. The minimum absolute atomic E-state index is 0.0328. The van der Waals surface area contributed by atoms with Gasteiger partial charge in [0.25, 0.3) is 21.8 Å². The number of hydrogen-bond donors (Lipinski definition) is 3. The Balaban J connectivity index is 1.54. The summed E-state index contributed by atoms with van der Waals surface area (Å²) in [5.74, 6) is -0.987. The van der Waals surface area contributed by atoms with Crippen LogP contribution in [-0.2, 0) is 16.6 Å². The molecule has 0 aliphatic heterocycles. The highest BCUT2D eigenvalue weighted by Crippen LogP contribution is 2.28. The molecular weight excluding hydrogens is 524 g/mol. The van der Waals surface area contributed by atoms with Crippen LogP contribution in [0.1, 0.15) is 37.4 Å². The quantitative estimate of drug-likeness (QED) is 0.275. The van der Waals surface area contributed by atoms with E-state index in [1.165, 1.54) is 18.2 Å². The van der Waals surface area contributed by atoms with Crippen molar-refractivity contribution in [2.45, 2.75) is 25.3 Å². The number of para-hydroxylation sites is 1. The van der Waals surface area contributed by atoms with Gasteiger partial charge in [0.15, 0.2) is 0 Å². The molecule has 1 heterocycles. The minimum Gasteiger partial charge on any atom is -0.348 e. The van der Waals surface area contributed by atoms with Crippen LogP contribution >= 0.6 is 11.6 Å². The lowest BCUT2D eigenvalue weighted by molar-refractivity contribution is 0.0951. The third kappa shape index (κ3) is 6.19. The Kier molecular flexibility index (Phi) is 8.09. The lowest BCUT2D eigenvalue weighted by Crippen LogP contribution is -2.25. The van der Waals surface area contributed by atoms with Crippen molar-refractivity contribution in [2.24, 2.45) is 0 Å². The van der Waals surface area contributed by atoms with Crippen LogP contribution in [0.4, 0.5) is 11.4 Å². The summed E-state index contributed by atoms with van der Waals surface area (Å²) in [6.07, 6.45) is 3.29. The van der Waals surface area contributed by atoms with Crippen molar-refractivity contribution in [1.29, 1.82) is 0 Å². The summed E-state index contributed by atoms with van der Waals surface area (Å²) in [7, 11) is -4.10. The predicted molar refractivity (Wildman–Crippen MR) is 148 cm³/mol. The van der Waals surface area contributed by atoms with E-state index in [-0.39, 0.29) is 39.2 Å². The number of sulfonamides is 1. The molecule has 0 aliphatic carbocycles. The van der Waals surface area contributed by atoms with Crippen molar-refractivity contribution >= 4 is 44.8 Å². The number of aryl methyl sites for hydroxylation is 1. The first-order valence-corrected chi connectivity index (χ1v) is 13.5. The second-order valence-electron chi connectivity index (χ2n) is 8.54. The number of nitrogens with zero attached hydrogens (tertiary/aromatic N) is 1. The molecule has 0 saturated carbocycles. The molecule has 0 radical (unpaired) electrons. The SMILES string of the molecule is Cc1cccc(NS(=O)(=O)c2cc(C(=O)Nc3ccccc3C(=O)NCc3cccnc3)ccc2Cl)c1C. The van der Waals surface area contributed by atoms with Gasteiger partial charge in [-0.25, -0.2) is 8.42 Å². The molecule has 194 valence electrons. The van der Waals surface area contributed by atoms with E-state index in [2.05, 4.69) is 20.3 Å². The molecular formula is C28H25ClN4O4S. The topological polar surface area (TPSA) is 117 Å². The standard InChI is InChI=1S/C28H25ClN4O4S/c1-18-7-5-11-24(19(18)2)33-38(36,37)26-15-21(12-13-23(26)29)27(34)32-25-10-4-3-9-22(25)28(35)31-17-20-8-6-14-30-16-20/h3-16,33H,17H2,1-2H3,(H,31,35)(H,32,34). The van der Waals surface area contributed by atoms with Gasteiger partial charge >= 0.3 is 0 Å². The van der Waals surface area contributed by atoms with E-state index in [9.17, 15) is 18.0 Å². The highest BCUT2D eigenvalue weighted by atomic mass is 35.5. The minimum atomic E-state index is -4.10. The van der Waals surface area contributed by atoms with Crippen LogP contribution in [0.3, 0.4) is 0 Å². The van der Waals surface area contributed by atoms with Crippen molar-refractivity contribution in [3.63, 3.8) is 0 Å². The monoisotopic (exact) mass is 548 g/mol. The first kappa shape index (κ1) is 26.8. The molecule has 2 amide bonds. The number of anilines is 2. The van der Waals surface area contributed by atoms with Gasteiger partial charge in [0.2, 0.25) is 0 Å². The van der Waals surface area contributed by atoms with Crippen molar-refractivity contribution in [3.05, 3.63) is 118 Å². The Morgan fingerprint density at radius 3 is 2.42 bits per heavy atom. The lowest BCUT2D eigenvalue weighted by Gasteiger charge is -2.14. The third-order valence-corrected chi connectivity index (χ3v) is 7.77. The van der Waals surface area contributed by atoms with Crippen molar-refractivity contribution < 1.29 is 18.0 Å². The van der Waals surface area contributed by atoms with E-state index in [1.807, 2.05) is 26.0 Å². The zero-order valence-corrected chi connectivity index (χ0v) is 22.2. The molecule has 3 aromatic carbocycles. The maximum Gasteiger partial charge on any atom is 0.263 e. The molecule has 4 rings (SSSR count). The number of benzene rings is 3. The van der Waals surface area contributed by atoms with E-state index in [4.69, 9.17) is 11.6 Å². The fraction of sp³-hybridized carbons (Fsp3) is 0.107. The van der Waals surface area contributed by atoms with Crippen LogP contribution < -0.4 is 15.4 Å². The Bertz CT molecular complexity index is 1610. The summed E-state index contributed by atoms with van der Waals surface area (Å²) in [6, 6.07) is 19.4. The molecule has 8 nitrogen and oxygen atoms in total. The number of amides is 2. The Morgan fingerprint density at radius 2 is 1.66 bits per heavy atom. The summed E-state index contributed by atoms with van der Waals surface area (Å²) in [5, 5.41) is 5.47. The predicted octanol–water partition coefficient (Wildman–Crippen LogP) is 5.33. The van der Waals surface area contributed by atoms with Crippen LogP contribution in [0.5, 0.6) is 0 Å². The van der Waals surface area contributed by atoms with Crippen molar-refractivity contribution in [2.75, 3.05) is 10.0 Å². The molecule has 4 aromatic rings. The van der Waals surface area contributed by atoms with E-state index in [1.54, 1.807) is 54.9 Å². The van der Waals surface area contributed by atoms with Gasteiger partial charge < -0.3 is 10.6 Å². The van der Waals surface area contributed by atoms with Gasteiger partial charge in [-0.2, -0.15) is 0 Å². The number of aromatic nitrogens is 1. The van der Waals surface area contributed by atoms with Gasteiger partial charge in [0.05, 0.1) is 22.0 Å². The molecule has 0 unspecified atom stereocenters. The average Bonchev–Trinajstić information content (AvgIpc) is 2.91. The second-order valence-corrected chi connectivity index (χ2v) is 10.6. The zero-order valence-electron chi connectivity index (χ0n) is 20.7. The Morgan fingerprint density at radius 1 is 0.895 bits per heavy atom. The molecule has 0 atom stereocenters. The molecule has 0 fully saturated rings. The summed E-state index contributed by atoms with van der Waals surface area (Å²) in [4.78, 5) is 29.7. The van der Waals surface area contributed by atoms with Crippen LogP contribution in [0.15, 0.2) is 90.1 Å². The third-order valence-electron chi connectivity index (χ3n) is 5.93. The molecule has 0 saturated heterocycles. The number of halogens is 1. The second kappa shape index (κ2) is 11.5. The number of carbonyl (C=O) groups is 2. The first-order valence-electron chi connectivity index (χ1n) is 11.6.